The van der Waals surface area contributed by atoms with Crippen LogP contribution in [0.5, 0.6) is 0 Å². The van der Waals surface area contributed by atoms with Crippen LogP contribution in [0.15, 0.2) is 4.99 Å². The Bertz CT molecular complexity index is 1640. The summed E-state index contributed by atoms with van der Waals surface area (Å²) >= 11 is 0. The number of rotatable bonds is 30. The number of nitrogens with two attached hydrogens (primary N) is 3. The Labute approximate surface area is 380 Å². The van der Waals surface area contributed by atoms with Gasteiger partial charge in [-0.15, -0.1) is 0 Å². The average molecular weight is 929 g/mol. The predicted molar refractivity (Wildman–Crippen MR) is 240 cm³/mol. The first-order valence-electron chi connectivity index (χ1n) is 21.8. The van der Waals surface area contributed by atoms with Gasteiger partial charge in [0, 0.05) is 6.54 Å². The summed E-state index contributed by atoms with van der Waals surface area (Å²) in [4.78, 5) is 121. The summed E-state index contributed by atoms with van der Waals surface area (Å²) in [7, 11) is 0. The number of hydrogen-bond donors (Lipinski definition) is 14. The zero-order chi connectivity index (χ0) is 50.3. The van der Waals surface area contributed by atoms with E-state index >= 15 is 0 Å². The van der Waals surface area contributed by atoms with Crippen molar-refractivity contribution in [1.29, 1.82) is 0 Å². The van der Waals surface area contributed by atoms with E-state index < -0.39 is 127 Å². The van der Waals surface area contributed by atoms with Gasteiger partial charge in [-0.2, -0.15) is 0 Å². The van der Waals surface area contributed by atoms with Gasteiger partial charge in [0.25, 0.3) is 0 Å². The van der Waals surface area contributed by atoms with Gasteiger partial charge in [0.2, 0.25) is 47.3 Å². The zero-order valence-electron chi connectivity index (χ0n) is 39.4. The number of aliphatic carboxylic acids is 1. The predicted octanol–water partition coefficient (Wildman–Crippen LogP) is -3.85. The number of aliphatic hydroxyl groups is 2. The number of carboxylic acid groups (broad SMARTS) is 1. The summed E-state index contributed by atoms with van der Waals surface area (Å²) in [6.45, 7) is 14.9. The number of hydrogen-bond acceptors (Lipinski definition) is 13. The molecule has 0 radical (unpaired) electrons. The van der Waals surface area contributed by atoms with Gasteiger partial charge in [-0.3, -0.25) is 43.3 Å². The summed E-state index contributed by atoms with van der Waals surface area (Å²) in [5.41, 5.74) is 16.6. The van der Waals surface area contributed by atoms with Crippen LogP contribution in [-0.2, 0) is 43.2 Å². The average Bonchev–Trinajstić information content (AvgIpc) is 3.19. The Kier molecular flexibility index (Phi) is 27.2. The molecule has 0 fully saturated rings. The van der Waals surface area contributed by atoms with Gasteiger partial charge < -0.3 is 75.1 Å². The van der Waals surface area contributed by atoms with Crippen LogP contribution in [0.3, 0.4) is 0 Å². The van der Waals surface area contributed by atoms with Crippen LogP contribution in [0.4, 0.5) is 0 Å². The SMILES string of the molecule is CC(C)C[C@H](NC(=O)[C@H](CO)NC(=O)[C@H](C)NC(=O)[C@H](C)NC(=O)[C@@H](N)CC(C)C)C(=O)N[C@@H](CC(C)C)C(=O)N[C@@H](CO)C(=O)N[C@@H](CCCN=C(N)N)C(=O)N[C@H](C(=O)O)C(C)C. The van der Waals surface area contributed by atoms with Gasteiger partial charge >= 0.3 is 5.97 Å². The normalized spacial score (nSPS) is 15.5. The summed E-state index contributed by atoms with van der Waals surface area (Å²) in [6, 6.07) is -11.7. The van der Waals surface area contributed by atoms with E-state index in [0.717, 1.165) is 0 Å². The largest absolute Gasteiger partial charge is 0.480 e. The molecule has 0 aromatic carbocycles. The lowest BCUT2D eigenvalue weighted by Gasteiger charge is -2.28. The molecule has 65 heavy (non-hydrogen) atoms. The van der Waals surface area contributed by atoms with Crippen molar-refractivity contribution in [3.05, 3.63) is 0 Å². The molecule has 372 valence electrons. The van der Waals surface area contributed by atoms with Crippen molar-refractivity contribution in [3.63, 3.8) is 0 Å². The second-order valence-corrected chi connectivity index (χ2v) is 17.6. The molecular weight excluding hydrogens is 853 g/mol. The van der Waals surface area contributed by atoms with E-state index in [1.165, 1.54) is 13.8 Å². The van der Waals surface area contributed by atoms with Gasteiger partial charge in [0.1, 0.15) is 48.3 Å². The number of aliphatic hydroxyl groups excluding tert-OH is 2. The molecule has 0 unspecified atom stereocenters. The first-order valence-corrected chi connectivity index (χ1v) is 21.8. The van der Waals surface area contributed by atoms with Crippen molar-refractivity contribution in [2.24, 2.45) is 45.9 Å². The quantitative estimate of drug-likeness (QED) is 0.0186. The van der Waals surface area contributed by atoms with Crippen LogP contribution < -0.4 is 59.7 Å². The Morgan fingerprint density at radius 1 is 0.477 bits per heavy atom. The van der Waals surface area contributed by atoms with E-state index in [1.54, 1.807) is 41.5 Å². The molecular formula is C41H76N12O12. The molecule has 0 saturated carbocycles. The van der Waals surface area contributed by atoms with Crippen LogP contribution in [0.25, 0.3) is 0 Å². The molecule has 0 aromatic heterocycles. The third-order valence-corrected chi connectivity index (χ3v) is 9.69. The molecule has 0 aromatic rings. The fourth-order valence-corrected chi connectivity index (χ4v) is 6.12. The van der Waals surface area contributed by atoms with E-state index in [9.17, 15) is 58.5 Å². The van der Waals surface area contributed by atoms with Crippen molar-refractivity contribution in [3.8, 4) is 0 Å². The monoisotopic (exact) mass is 929 g/mol. The highest BCUT2D eigenvalue weighted by Crippen LogP contribution is 2.11. The highest BCUT2D eigenvalue weighted by Gasteiger charge is 2.35. The fourth-order valence-electron chi connectivity index (χ4n) is 6.12. The minimum atomic E-state index is -1.65. The molecule has 8 amide bonds. The molecule has 0 aliphatic rings. The molecule has 17 N–H and O–H groups in total. The molecule has 24 nitrogen and oxygen atoms in total. The van der Waals surface area contributed by atoms with Crippen LogP contribution in [0, 0.1) is 23.7 Å². The number of aliphatic imine (C=N–C) groups is 1. The fraction of sp³-hybridized carbons (Fsp3) is 0.756. The lowest BCUT2D eigenvalue weighted by molar-refractivity contribution is -0.143. The maximum atomic E-state index is 13.8. The number of amides is 8. The summed E-state index contributed by atoms with van der Waals surface area (Å²) in [6.07, 6.45) is 0.544. The second kappa shape index (κ2) is 29.8. The topological polar surface area (TPSA) is 401 Å². The van der Waals surface area contributed by atoms with E-state index in [2.05, 4.69) is 47.5 Å². The molecule has 0 bridgehead atoms. The van der Waals surface area contributed by atoms with Crippen molar-refractivity contribution >= 4 is 59.2 Å². The van der Waals surface area contributed by atoms with Gasteiger partial charge in [-0.25, -0.2) is 4.79 Å². The van der Waals surface area contributed by atoms with E-state index in [1.807, 2.05) is 13.8 Å². The van der Waals surface area contributed by atoms with Gasteiger partial charge in [0.05, 0.1) is 19.3 Å². The Balaban J connectivity index is 6.04. The standard InChI is InChI=1S/C41H76N12O12/c1-19(2)14-25(42)34(58)47-23(9)32(56)46-24(10)33(57)51-29(17-54)39(63)50-27(15-20(3)4)36(60)49-28(16-21(5)6)37(61)52-30(18-55)38(62)48-26(12-11-13-45-41(43)44)35(59)53-31(22(7)8)40(64)65/h19-31,54-55H,11-18,42H2,1-10H3,(H,46,56)(H,47,58)(H,48,62)(H,49,60)(H,50,63)(H,51,57)(H,52,61)(H,53,59)(H,64,65)(H4,43,44,45)/t23-,24-,25-,26-,27-,28-,29-,30-,31-/m0/s1. The van der Waals surface area contributed by atoms with Gasteiger partial charge in [0.15, 0.2) is 5.96 Å². The minimum Gasteiger partial charge on any atom is -0.480 e. The van der Waals surface area contributed by atoms with Crippen LogP contribution in [0.2, 0.25) is 0 Å². The van der Waals surface area contributed by atoms with Crippen molar-refractivity contribution in [1.82, 2.24) is 42.5 Å². The maximum Gasteiger partial charge on any atom is 0.326 e. The smallest absolute Gasteiger partial charge is 0.326 e. The van der Waals surface area contributed by atoms with Gasteiger partial charge in [-0.1, -0.05) is 55.4 Å². The highest BCUT2D eigenvalue weighted by atomic mass is 16.4. The van der Waals surface area contributed by atoms with Crippen LogP contribution in [-0.4, -0.2) is 149 Å². The Hall–Kier alpha value is -5.62. The molecule has 0 aliphatic heterocycles. The Morgan fingerprint density at radius 3 is 1.22 bits per heavy atom. The lowest BCUT2D eigenvalue weighted by atomic mass is 9.99. The van der Waals surface area contributed by atoms with Crippen LogP contribution in [0.1, 0.15) is 101 Å². The number of nitrogens with one attached hydrogen (secondary N) is 8. The number of carboxylic acids is 1. The lowest BCUT2D eigenvalue weighted by Crippen LogP contribution is -2.61. The highest BCUT2D eigenvalue weighted by molar-refractivity contribution is 5.98. The minimum absolute atomic E-state index is 0.0211. The molecule has 0 heterocycles. The molecule has 24 heteroatoms. The number of carbonyl (C=O) groups excluding carboxylic acids is 8. The number of carbonyl (C=O) groups is 9. The van der Waals surface area contributed by atoms with E-state index in [4.69, 9.17) is 17.2 Å². The third-order valence-electron chi connectivity index (χ3n) is 9.69. The molecule has 0 rings (SSSR count). The number of guanidine groups is 1. The first-order chi connectivity index (χ1) is 30.1. The van der Waals surface area contributed by atoms with Gasteiger partial charge in [-0.05, 0) is 69.6 Å². The Morgan fingerprint density at radius 2 is 0.831 bits per heavy atom. The maximum absolute atomic E-state index is 13.8. The molecule has 0 saturated heterocycles. The zero-order valence-corrected chi connectivity index (χ0v) is 39.4. The molecule has 9 atom stereocenters. The van der Waals surface area contributed by atoms with E-state index in [-0.39, 0.29) is 55.9 Å². The van der Waals surface area contributed by atoms with E-state index in [0.29, 0.717) is 6.42 Å². The summed E-state index contributed by atoms with van der Waals surface area (Å²) < 4.78 is 0. The third kappa shape index (κ3) is 23.2. The molecule has 0 aliphatic carbocycles. The number of nitrogens with zero attached hydrogens (tertiary/aromatic N) is 1. The summed E-state index contributed by atoms with van der Waals surface area (Å²) in [5.74, 6) is -9.04. The molecule has 0 spiro atoms. The summed E-state index contributed by atoms with van der Waals surface area (Å²) in [5, 5.41) is 49.4. The van der Waals surface area contributed by atoms with Crippen molar-refractivity contribution in [2.75, 3.05) is 19.8 Å². The van der Waals surface area contributed by atoms with Crippen LogP contribution >= 0.6 is 0 Å². The van der Waals surface area contributed by atoms with Crippen molar-refractivity contribution in [2.45, 2.75) is 156 Å². The van der Waals surface area contributed by atoms with Crippen molar-refractivity contribution < 1.29 is 58.5 Å². The second-order valence-electron chi connectivity index (χ2n) is 17.6. The first kappa shape index (κ1) is 59.4.